The molecule has 0 saturated carbocycles. The standard InChI is InChI=1S/C17H17FN2O5S/c1-12(21)20(14-4-2-3-13(18)9-14)8-7-19-26(22,23)15-5-6-16-17(10-15)25-11-24-16/h2-6,9-10,19H,7-8,11H2,1H3. The maximum absolute atomic E-state index is 13.4. The second-order valence-electron chi connectivity index (χ2n) is 5.56. The van der Waals surface area contributed by atoms with Crippen molar-refractivity contribution in [3.63, 3.8) is 0 Å². The molecule has 0 spiro atoms. The zero-order valence-corrected chi connectivity index (χ0v) is 14.8. The van der Waals surface area contributed by atoms with Gasteiger partial charge in [-0.25, -0.2) is 17.5 Å². The number of anilines is 1. The number of rotatable bonds is 6. The third-order valence-corrected chi connectivity index (χ3v) is 5.24. The molecule has 26 heavy (non-hydrogen) atoms. The van der Waals surface area contributed by atoms with Gasteiger partial charge in [0.05, 0.1) is 4.90 Å². The SMILES string of the molecule is CC(=O)N(CCNS(=O)(=O)c1ccc2c(c1)OCO2)c1cccc(F)c1. The first kappa shape index (κ1) is 18.2. The summed E-state index contributed by atoms with van der Waals surface area (Å²) in [6.07, 6.45) is 0. The molecular formula is C17H17FN2O5S. The molecule has 138 valence electrons. The Hall–Kier alpha value is -2.65. The summed E-state index contributed by atoms with van der Waals surface area (Å²) in [5.74, 6) is 0.0448. The number of carbonyl (C=O) groups excluding carboxylic acids is 1. The summed E-state index contributed by atoms with van der Waals surface area (Å²) in [5.41, 5.74) is 0.361. The summed E-state index contributed by atoms with van der Waals surface area (Å²) in [7, 11) is -3.79. The summed E-state index contributed by atoms with van der Waals surface area (Å²) in [5, 5.41) is 0. The van der Waals surface area contributed by atoms with Crippen LogP contribution in [0.25, 0.3) is 0 Å². The summed E-state index contributed by atoms with van der Waals surface area (Å²) < 4.78 is 50.9. The van der Waals surface area contributed by atoms with E-state index in [0.717, 1.165) is 0 Å². The number of hydrogen-bond acceptors (Lipinski definition) is 5. The number of amides is 1. The van der Waals surface area contributed by atoms with Crippen molar-refractivity contribution in [2.24, 2.45) is 0 Å². The number of nitrogens with one attached hydrogen (secondary N) is 1. The van der Waals surface area contributed by atoms with Gasteiger partial charge in [0.2, 0.25) is 22.7 Å². The van der Waals surface area contributed by atoms with Crippen LogP contribution in [0.4, 0.5) is 10.1 Å². The van der Waals surface area contributed by atoms with Gasteiger partial charge in [0.25, 0.3) is 0 Å². The predicted octanol–water partition coefficient (Wildman–Crippen LogP) is 1.89. The van der Waals surface area contributed by atoms with Crippen molar-refractivity contribution in [1.29, 1.82) is 0 Å². The molecule has 1 N–H and O–H groups in total. The van der Waals surface area contributed by atoms with Crippen LogP contribution in [0.2, 0.25) is 0 Å². The fourth-order valence-electron chi connectivity index (χ4n) is 2.53. The first-order chi connectivity index (χ1) is 12.4. The Kier molecular flexibility index (Phi) is 5.10. The Bertz CT molecular complexity index is 933. The molecule has 0 fully saturated rings. The van der Waals surface area contributed by atoms with Crippen LogP contribution < -0.4 is 19.1 Å². The van der Waals surface area contributed by atoms with Crippen molar-refractivity contribution in [2.75, 3.05) is 24.8 Å². The second kappa shape index (κ2) is 7.30. The van der Waals surface area contributed by atoms with E-state index in [0.29, 0.717) is 17.2 Å². The van der Waals surface area contributed by atoms with Crippen LogP contribution >= 0.6 is 0 Å². The van der Waals surface area contributed by atoms with Crippen molar-refractivity contribution in [1.82, 2.24) is 4.72 Å². The van der Waals surface area contributed by atoms with Gasteiger partial charge in [0, 0.05) is 31.8 Å². The normalized spacial score (nSPS) is 12.8. The minimum absolute atomic E-state index is 0.0295. The van der Waals surface area contributed by atoms with Crippen LogP contribution in [0.3, 0.4) is 0 Å². The highest BCUT2D eigenvalue weighted by Crippen LogP contribution is 2.33. The van der Waals surface area contributed by atoms with Gasteiger partial charge in [-0.2, -0.15) is 0 Å². The maximum atomic E-state index is 13.4. The molecule has 0 atom stereocenters. The number of carbonyl (C=O) groups is 1. The van der Waals surface area contributed by atoms with Gasteiger partial charge in [-0.15, -0.1) is 0 Å². The summed E-state index contributed by atoms with van der Waals surface area (Å²) >= 11 is 0. The van der Waals surface area contributed by atoms with E-state index in [1.54, 1.807) is 6.07 Å². The average Bonchev–Trinajstić information content (AvgIpc) is 3.06. The number of fused-ring (bicyclic) bond motifs is 1. The van der Waals surface area contributed by atoms with E-state index in [2.05, 4.69) is 4.72 Å². The van der Waals surface area contributed by atoms with Gasteiger partial charge in [-0.1, -0.05) is 6.07 Å². The monoisotopic (exact) mass is 380 g/mol. The molecule has 9 heteroatoms. The summed E-state index contributed by atoms with van der Waals surface area (Å²) in [6.45, 7) is 1.40. The molecule has 0 radical (unpaired) electrons. The molecular weight excluding hydrogens is 363 g/mol. The number of halogens is 1. The molecule has 1 aliphatic heterocycles. The van der Waals surface area contributed by atoms with Gasteiger partial charge in [0.15, 0.2) is 11.5 Å². The lowest BCUT2D eigenvalue weighted by atomic mass is 10.2. The molecule has 0 unspecified atom stereocenters. The lowest BCUT2D eigenvalue weighted by molar-refractivity contribution is -0.116. The Labute approximate surface area is 150 Å². The molecule has 1 amide bonds. The molecule has 2 aromatic rings. The molecule has 0 bridgehead atoms. The first-order valence-electron chi connectivity index (χ1n) is 7.80. The lowest BCUT2D eigenvalue weighted by Crippen LogP contribution is -2.37. The van der Waals surface area contributed by atoms with Crippen LogP contribution in [-0.4, -0.2) is 34.2 Å². The topological polar surface area (TPSA) is 84.9 Å². The quantitative estimate of drug-likeness (QED) is 0.827. The fraction of sp³-hybridized carbons (Fsp3) is 0.235. The Morgan fingerprint density at radius 1 is 1.19 bits per heavy atom. The van der Waals surface area contributed by atoms with Crippen molar-refractivity contribution < 1.29 is 27.1 Å². The lowest BCUT2D eigenvalue weighted by Gasteiger charge is -2.21. The van der Waals surface area contributed by atoms with Gasteiger partial charge in [-0.05, 0) is 30.3 Å². The maximum Gasteiger partial charge on any atom is 0.240 e. The van der Waals surface area contributed by atoms with E-state index >= 15 is 0 Å². The molecule has 0 aromatic heterocycles. The van der Waals surface area contributed by atoms with Gasteiger partial charge < -0.3 is 14.4 Å². The Morgan fingerprint density at radius 2 is 1.96 bits per heavy atom. The van der Waals surface area contributed by atoms with Crippen molar-refractivity contribution in [3.8, 4) is 11.5 Å². The van der Waals surface area contributed by atoms with E-state index in [9.17, 15) is 17.6 Å². The summed E-state index contributed by atoms with van der Waals surface area (Å²) in [4.78, 5) is 13.1. The third kappa shape index (κ3) is 3.94. The van der Waals surface area contributed by atoms with Crippen molar-refractivity contribution in [3.05, 3.63) is 48.3 Å². The van der Waals surface area contributed by atoms with E-state index in [1.807, 2.05) is 0 Å². The van der Waals surface area contributed by atoms with Crippen molar-refractivity contribution >= 4 is 21.6 Å². The zero-order chi connectivity index (χ0) is 18.7. The largest absolute Gasteiger partial charge is 0.454 e. The minimum atomic E-state index is -3.79. The minimum Gasteiger partial charge on any atom is -0.454 e. The number of hydrogen-bond donors (Lipinski definition) is 1. The van der Waals surface area contributed by atoms with E-state index in [-0.39, 0.29) is 30.7 Å². The van der Waals surface area contributed by atoms with Crippen LogP contribution in [0.1, 0.15) is 6.92 Å². The summed E-state index contributed by atoms with van der Waals surface area (Å²) in [6, 6.07) is 9.85. The molecule has 1 aliphatic rings. The van der Waals surface area contributed by atoms with Crippen LogP contribution in [0, 0.1) is 5.82 Å². The zero-order valence-electron chi connectivity index (χ0n) is 13.9. The molecule has 0 saturated heterocycles. The smallest absolute Gasteiger partial charge is 0.240 e. The van der Waals surface area contributed by atoms with Gasteiger partial charge >= 0.3 is 0 Å². The number of nitrogens with zero attached hydrogens (tertiary/aromatic N) is 1. The van der Waals surface area contributed by atoms with E-state index < -0.39 is 15.8 Å². The van der Waals surface area contributed by atoms with E-state index in [4.69, 9.17) is 9.47 Å². The molecule has 0 aliphatic carbocycles. The Balaban J connectivity index is 1.68. The molecule has 3 rings (SSSR count). The highest BCUT2D eigenvalue weighted by molar-refractivity contribution is 7.89. The van der Waals surface area contributed by atoms with Gasteiger partial charge in [-0.3, -0.25) is 4.79 Å². The predicted molar refractivity (Wildman–Crippen MR) is 92.2 cm³/mol. The Morgan fingerprint density at radius 3 is 2.69 bits per heavy atom. The third-order valence-electron chi connectivity index (χ3n) is 3.78. The second-order valence-corrected chi connectivity index (χ2v) is 7.33. The van der Waals surface area contributed by atoms with Crippen molar-refractivity contribution in [2.45, 2.75) is 11.8 Å². The van der Waals surface area contributed by atoms with E-state index in [1.165, 1.54) is 48.2 Å². The number of ether oxygens (including phenoxy) is 2. The van der Waals surface area contributed by atoms with Gasteiger partial charge in [0.1, 0.15) is 5.82 Å². The average molecular weight is 380 g/mol. The highest BCUT2D eigenvalue weighted by atomic mass is 32.2. The van der Waals surface area contributed by atoms with Crippen LogP contribution in [0.15, 0.2) is 47.4 Å². The number of benzene rings is 2. The highest BCUT2D eigenvalue weighted by Gasteiger charge is 2.21. The molecule has 2 aromatic carbocycles. The first-order valence-corrected chi connectivity index (χ1v) is 9.28. The van der Waals surface area contributed by atoms with Crippen LogP contribution in [0.5, 0.6) is 11.5 Å². The molecule has 7 nitrogen and oxygen atoms in total. The molecule has 1 heterocycles. The fourth-order valence-corrected chi connectivity index (χ4v) is 3.57. The number of sulfonamides is 1. The van der Waals surface area contributed by atoms with Crippen LogP contribution in [-0.2, 0) is 14.8 Å².